The maximum absolute atomic E-state index is 4.52. The first-order valence-corrected chi connectivity index (χ1v) is 6.61. The molecule has 2 heterocycles. The summed E-state index contributed by atoms with van der Waals surface area (Å²) < 4.78 is 0. The first-order valence-electron chi connectivity index (χ1n) is 5.79. The number of pyridine rings is 1. The third-order valence-electron chi connectivity index (χ3n) is 2.62. The first kappa shape index (κ1) is 12.2. The highest BCUT2D eigenvalue weighted by Gasteiger charge is 2.02. The number of thiazole rings is 1. The first-order chi connectivity index (χ1) is 8.25. The van der Waals surface area contributed by atoms with Gasteiger partial charge in [-0.2, -0.15) is 0 Å². The van der Waals surface area contributed by atoms with Crippen molar-refractivity contribution in [1.82, 2.24) is 15.3 Å². The van der Waals surface area contributed by atoms with E-state index in [-0.39, 0.29) is 0 Å². The Morgan fingerprint density at radius 2 is 2.18 bits per heavy atom. The van der Waals surface area contributed by atoms with Crippen molar-refractivity contribution in [3.05, 3.63) is 45.7 Å². The molecule has 0 spiro atoms. The second-order valence-corrected chi connectivity index (χ2v) is 5.28. The van der Waals surface area contributed by atoms with E-state index in [1.807, 2.05) is 24.4 Å². The fourth-order valence-corrected chi connectivity index (χ4v) is 2.49. The largest absolute Gasteiger partial charge is 0.311 e. The average molecular weight is 247 g/mol. The van der Waals surface area contributed by atoms with E-state index in [0.29, 0.717) is 0 Å². The minimum Gasteiger partial charge on any atom is -0.311 e. The van der Waals surface area contributed by atoms with Crippen LogP contribution in [0, 0.1) is 13.8 Å². The Bertz CT molecular complexity index is 445. The molecule has 0 aliphatic heterocycles. The highest BCUT2D eigenvalue weighted by Crippen LogP contribution is 2.16. The molecule has 2 rings (SSSR count). The lowest BCUT2D eigenvalue weighted by Gasteiger charge is -2.02. The molecule has 3 nitrogen and oxygen atoms in total. The van der Waals surface area contributed by atoms with Gasteiger partial charge in [0.1, 0.15) is 0 Å². The summed E-state index contributed by atoms with van der Waals surface area (Å²) in [6.07, 6.45) is 2.82. The van der Waals surface area contributed by atoms with Crippen molar-refractivity contribution in [3.63, 3.8) is 0 Å². The van der Waals surface area contributed by atoms with Gasteiger partial charge in [-0.3, -0.25) is 4.98 Å². The second-order valence-electron chi connectivity index (χ2n) is 4.00. The Balaban J connectivity index is 1.73. The molecule has 4 heteroatoms. The summed E-state index contributed by atoms with van der Waals surface area (Å²) in [6, 6.07) is 5.98. The molecule has 17 heavy (non-hydrogen) atoms. The molecule has 0 amide bonds. The maximum Gasteiger partial charge on any atom is 0.0943 e. The molecule has 2 aromatic heterocycles. The van der Waals surface area contributed by atoms with Crippen molar-refractivity contribution in [1.29, 1.82) is 0 Å². The van der Waals surface area contributed by atoms with Gasteiger partial charge in [0, 0.05) is 30.6 Å². The number of rotatable bonds is 5. The van der Waals surface area contributed by atoms with Gasteiger partial charge in [0.15, 0.2) is 0 Å². The van der Waals surface area contributed by atoms with Crippen molar-refractivity contribution in [2.75, 3.05) is 6.54 Å². The summed E-state index contributed by atoms with van der Waals surface area (Å²) in [7, 11) is 0. The van der Waals surface area contributed by atoms with E-state index in [4.69, 9.17) is 0 Å². The smallest absolute Gasteiger partial charge is 0.0943 e. The molecule has 0 aliphatic carbocycles. The highest BCUT2D eigenvalue weighted by atomic mass is 32.1. The van der Waals surface area contributed by atoms with Crippen molar-refractivity contribution in [3.8, 4) is 0 Å². The van der Waals surface area contributed by atoms with Gasteiger partial charge < -0.3 is 5.32 Å². The molecule has 0 fully saturated rings. The van der Waals surface area contributed by atoms with Crippen LogP contribution in [0.15, 0.2) is 24.4 Å². The van der Waals surface area contributed by atoms with Crippen LogP contribution in [0.1, 0.15) is 21.3 Å². The number of aryl methyl sites for hydroxylation is 2. The summed E-state index contributed by atoms with van der Waals surface area (Å²) in [5, 5.41) is 4.60. The maximum atomic E-state index is 4.52. The minimum atomic E-state index is 0.824. The molecular weight excluding hydrogens is 230 g/mol. The van der Waals surface area contributed by atoms with Gasteiger partial charge in [-0.1, -0.05) is 6.07 Å². The predicted molar refractivity (Wildman–Crippen MR) is 71.2 cm³/mol. The standard InChI is InChI=1S/C13H17N3S/c1-10-11(2)17-13(16-10)6-8-14-9-12-5-3-4-7-15-12/h3-5,7,14H,6,8-9H2,1-2H3. The molecule has 0 saturated carbocycles. The van der Waals surface area contributed by atoms with Crippen LogP contribution in [0.25, 0.3) is 0 Å². The summed E-state index contributed by atoms with van der Waals surface area (Å²) in [5.41, 5.74) is 2.24. The molecule has 90 valence electrons. The monoisotopic (exact) mass is 247 g/mol. The van der Waals surface area contributed by atoms with Crippen LogP contribution in [0.4, 0.5) is 0 Å². The van der Waals surface area contributed by atoms with Gasteiger partial charge in [-0.25, -0.2) is 4.98 Å². The fraction of sp³-hybridized carbons (Fsp3) is 0.385. The molecule has 2 aromatic rings. The number of nitrogens with zero attached hydrogens (tertiary/aromatic N) is 2. The van der Waals surface area contributed by atoms with Gasteiger partial charge in [0.25, 0.3) is 0 Å². The molecule has 1 N–H and O–H groups in total. The Labute approximate surface area is 106 Å². The van der Waals surface area contributed by atoms with Gasteiger partial charge in [-0.15, -0.1) is 11.3 Å². The third kappa shape index (κ3) is 3.61. The van der Waals surface area contributed by atoms with Crippen molar-refractivity contribution >= 4 is 11.3 Å². The lowest BCUT2D eigenvalue weighted by Crippen LogP contribution is -2.17. The normalized spacial score (nSPS) is 10.7. The molecule has 0 radical (unpaired) electrons. The molecule has 0 unspecified atom stereocenters. The van der Waals surface area contributed by atoms with Crippen molar-refractivity contribution < 1.29 is 0 Å². The molecular formula is C13H17N3S. The molecule has 0 aliphatic rings. The quantitative estimate of drug-likeness (QED) is 0.825. The van der Waals surface area contributed by atoms with Crippen LogP contribution in [0.5, 0.6) is 0 Å². The summed E-state index contributed by atoms with van der Waals surface area (Å²) in [6.45, 7) is 5.96. The molecule has 0 saturated heterocycles. The molecule has 0 bridgehead atoms. The lowest BCUT2D eigenvalue weighted by atomic mass is 10.3. The number of nitrogens with one attached hydrogen (secondary N) is 1. The van der Waals surface area contributed by atoms with Gasteiger partial charge in [0.05, 0.1) is 16.4 Å². The Kier molecular flexibility index (Phi) is 4.23. The van der Waals surface area contributed by atoms with Crippen LogP contribution < -0.4 is 5.32 Å². The van der Waals surface area contributed by atoms with Crippen LogP contribution in [0.3, 0.4) is 0 Å². The zero-order valence-electron chi connectivity index (χ0n) is 10.2. The van der Waals surface area contributed by atoms with Crippen LogP contribution in [0.2, 0.25) is 0 Å². The number of hydrogen-bond donors (Lipinski definition) is 1. The van der Waals surface area contributed by atoms with E-state index >= 15 is 0 Å². The minimum absolute atomic E-state index is 0.824. The highest BCUT2D eigenvalue weighted by molar-refractivity contribution is 7.11. The zero-order chi connectivity index (χ0) is 12.1. The van der Waals surface area contributed by atoms with E-state index in [0.717, 1.165) is 30.9 Å². The Hall–Kier alpha value is -1.26. The topological polar surface area (TPSA) is 37.8 Å². The van der Waals surface area contributed by atoms with Crippen LogP contribution in [-0.4, -0.2) is 16.5 Å². The molecule has 0 atom stereocenters. The summed E-state index contributed by atoms with van der Waals surface area (Å²) >= 11 is 1.79. The zero-order valence-corrected chi connectivity index (χ0v) is 11.0. The van der Waals surface area contributed by atoms with Gasteiger partial charge >= 0.3 is 0 Å². The van der Waals surface area contributed by atoms with E-state index < -0.39 is 0 Å². The molecule has 0 aromatic carbocycles. The van der Waals surface area contributed by atoms with Gasteiger partial charge in [-0.05, 0) is 26.0 Å². The van der Waals surface area contributed by atoms with E-state index in [1.54, 1.807) is 11.3 Å². The number of aromatic nitrogens is 2. The Morgan fingerprint density at radius 1 is 1.29 bits per heavy atom. The average Bonchev–Trinajstić information content (AvgIpc) is 2.66. The van der Waals surface area contributed by atoms with Crippen molar-refractivity contribution in [2.24, 2.45) is 0 Å². The van der Waals surface area contributed by atoms with E-state index in [9.17, 15) is 0 Å². The van der Waals surface area contributed by atoms with Crippen LogP contribution in [-0.2, 0) is 13.0 Å². The third-order valence-corrected chi connectivity index (χ3v) is 3.75. The fourth-order valence-electron chi connectivity index (χ4n) is 1.56. The predicted octanol–water partition coefficient (Wildman–Crippen LogP) is 2.49. The van der Waals surface area contributed by atoms with Crippen molar-refractivity contribution in [2.45, 2.75) is 26.8 Å². The number of hydrogen-bond acceptors (Lipinski definition) is 4. The van der Waals surface area contributed by atoms with E-state index in [1.165, 1.54) is 9.88 Å². The van der Waals surface area contributed by atoms with Crippen LogP contribution >= 0.6 is 11.3 Å². The summed E-state index contributed by atoms with van der Waals surface area (Å²) in [4.78, 5) is 10.1. The van der Waals surface area contributed by atoms with E-state index in [2.05, 4.69) is 29.1 Å². The SMILES string of the molecule is Cc1nc(CCNCc2ccccn2)sc1C. The second kappa shape index (κ2) is 5.89. The lowest BCUT2D eigenvalue weighted by molar-refractivity contribution is 0.673. The summed E-state index contributed by atoms with van der Waals surface area (Å²) in [5.74, 6) is 0. The Morgan fingerprint density at radius 3 is 2.82 bits per heavy atom. The van der Waals surface area contributed by atoms with Gasteiger partial charge in [0.2, 0.25) is 0 Å².